The number of esters is 1. The number of fused-ring (bicyclic) bond motifs is 1. The van der Waals surface area contributed by atoms with Gasteiger partial charge >= 0.3 is 5.97 Å². The number of hydrogen-bond donors (Lipinski definition) is 0. The molecule has 0 radical (unpaired) electrons. The molecule has 0 atom stereocenters. The minimum atomic E-state index is -0.636. The highest BCUT2D eigenvalue weighted by molar-refractivity contribution is 8.18. The summed E-state index contributed by atoms with van der Waals surface area (Å²) in [5.74, 6) is -1.13. The number of rotatable bonds is 4. The first-order valence-corrected chi connectivity index (χ1v) is 9.37. The van der Waals surface area contributed by atoms with E-state index in [0.29, 0.717) is 0 Å². The van der Waals surface area contributed by atoms with Crippen molar-refractivity contribution in [1.82, 2.24) is 9.47 Å². The zero-order chi connectivity index (χ0) is 19.7. The number of thioether (sulfide) groups is 1. The monoisotopic (exact) mass is 392 g/mol. The third kappa shape index (κ3) is 3.32. The van der Waals surface area contributed by atoms with E-state index in [9.17, 15) is 14.4 Å². The van der Waals surface area contributed by atoms with E-state index >= 15 is 0 Å². The summed E-state index contributed by atoms with van der Waals surface area (Å²) < 4.78 is 6.49. The molecule has 28 heavy (non-hydrogen) atoms. The van der Waals surface area contributed by atoms with Gasteiger partial charge in [0.1, 0.15) is 6.54 Å². The molecule has 1 fully saturated rings. The number of nitrogens with zero attached hydrogens (tertiary/aromatic N) is 2. The molecule has 1 aromatic heterocycles. The van der Waals surface area contributed by atoms with Crippen LogP contribution in [-0.2, 0) is 14.3 Å². The third-order valence-electron chi connectivity index (χ3n) is 4.46. The minimum Gasteiger partial charge on any atom is -0.468 e. The third-order valence-corrected chi connectivity index (χ3v) is 5.37. The van der Waals surface area contributed by atoms with Crippen LogP contribution in [0.5, 0.6) is 0 Å². The molecule has 4 rings (SSSR count). The summed E-state index contributed by atoms with van der Waals surface area (Å²) in [6.45, 7) is -0.385. The molecule has 6 nitrogen and oxygen atoms in total. The number of amides is 2. The second-order valence-electron chi connectivity index (χ2n) is 6.18. The Morgan fingerprint density at radius 2 is 1.86 bits per heavy atom. The van der Waals surface area contributed by atoms with Crippen molar-refractivity contribution in [3.8, 4) is 5.69 Å². The van der Waals surface area contributed by atoms with Crippen molar-refractivity contribution in [1.29, 1.82) is 0 Å². The predicted molar refractivity (Wildman–Crippen MR) is 108 cm³/mol. The molecule has 3 aromatic rings. The van der Waals surface area contributed by atoms with Gasteiger partial charge in [0, 0.05) is 17.6 Å². The molecule has 0 spiro atoms. The highest BCUT2D eigenvalue weighted by atomic mass is 32.2. The molecule has 0 saturated carbocycles. The first-order chi connectivity index (χ1) is 13.6. The van der Waals surface area contributed by atoms with Gasteiger partial charge < -0.3 is 9.30 Å². The smallest absolute Gasteiger partial charge is 0.325 e. The maximum absolute atomic E-state index is 12.5. The number of methoxy groups -OCH3 is 1. The van der Waals surface area contributed by atoms with Crippen LogP contribution in [0.2, 0.25) is 0 Å². The van der Waals surface area contributed by atoms with Crippen molar-refractivity contribution < 1.29 is 19.1 Å². The summed E-state index contributed by atoms with van der Waals surface area (Å²) in [6, 6.07) is 17.9. The fraction of sp³-hybridized carbons (Fsp3) is 0.0952. The number of benzene rings is 2. The lowest BCUT2D eigenvalue weighted by Gasteiger charge is -2.10. The van der Waals surface area contributed by atoms with Gasteiger partial charge in [0.2, 0.25) is 0 Å². The number of aromatic nitrogens is 1. The average Bonchev–Trinajstić information content (AvgIpc) is 3.27. The number of hydrogen-bond acceptors (Lipinski definition) is 5. The Bertz CT molecular complexity index is 1130. The van der Waals surface area contributed by atoms with Crippen LogP contribution in [0.3, 0.4) is 0 Å². The summed E-state index contributed by atoms with van der Waals surface area (Å²) >= 11 is 0.816. The summed E-state index contributed by atoms with van der Waals surface area (Å²) in [4.78, 5) is 37.2. The molecule has 1 saturated heterocycles. The van der Waals surface area contributed by atoms with Gasteiger partial charge in [-0.05, 0) is 52.9 Å². The molecule has 0 unspecified atom stereocenters. The Hall–Kier alpha value is -3.32. The lowest BCUT2D eigenvalue weighted by Crippen LogP contribution is -2.34. The van der Waals surface area contributed by atoms with E-state index in [4.69, 9.17) is 0 Å². The molecule has 2 amide bonds. The summed E-state index contributed by atoms with van der Waals surface area (Å²) in [7, 11) is 1.22. The van der Waals surface area contributed by atoms with Crippen LogP contribution in [-0.4, -0.2) is 40.2 Å². The van der Waals surface area contributed by atoms with Crippen LogP contribution in [0.1, 0.15) is 5.69 Å². The lowest BCUT2D eigenvalue weighted by molar-refractivity contribution is -0.143. The van der Waals surface area contributed by atoms with Crippen molar-refractivity contribution in [3.63, 3.8) is 0 Å². The van der Waals surface area contributed by atoms with Crippen LogP contribution in [0.15, 0.2) is 65.7 Å². The van der Waals surface area contributed by atoms with E-state index < -0.39 is 17.1 Å². The summed E-state index contributed by atoms with van der Waals surface area (Å²) in [5, 5.41) is 1.77. The largest absolute Gasteiger partial charge is 0.468 e. The topological polar surface area (TPSA) is 68.6 Å². The van der Waals surface area contributed by atoms with E-state index in [2.05, 4.69) is 10.8 Å². The highest BCUT2D eigenvalue weighted by Crippen LogP contribution is 2.32. The van der Waals surface area contributed by atoms with Gasteiger partial charge in [0.05, 0.1) is 12.0 Å². The quantitative estimate of drug-likeness (QED) is 0.498. The Balaban J connectivity index is 1.66. The van der Waals surface area contributed by atoms with Gasteiger partial charge in [-0.25, -0.2) is 0 Å². The molecule has 140 valence electrons. The van der Waals surface area contributed by atoms with Gasteiger partial charge in [0.15, 0.2) is 0 Å². The molecular formula is C21H16N2O4S. The number of carbonyl (C=O) groups is 3. The SMILES string of the molecule is COC(=O)CN1C(=O)S/C(=C/c2cccn2-c2ccc3ccccc3c2)C1=O. The van der Waals surface area contributed by atoms with Gasteiger partial charge in [-0.15, -0.1) is 0 Å². The van der Waals surface area contributed by atoms with Crippen LogP contribution in [0.4, 0.5) is 4.79 Å². The molecule has 1 aliphatic rings. The Labute approximate surface area is 165 Å². The van der Waals surface area contributed by atoms with Gasteiger partial charge in [-0.1, -0.05) is 30.3 Å². The van der Waals surface area contributed by atoms with Crippen LogP contribution in [0.25, 0.3) is 22.5 Å². The van der Waals surface area contributed by atoms with Crippen molar-refractivity contribution >= 4 is 45.7 Å². The molecule has 0 aliphatic carbocycles. The Morgan fingerprint density at radius 1 is 1.07 bits per heavy atom. The number of carbonyl (C=O) groups excluding carboxylic acids is 3. The van der Waals surface area contributed by atoms with Crippen LogP contribution < -0.4 is 0 Å². The zero-order valence-electron chi connectivity index (χ0n) is 15.0. The molecule has 2 aromatic carbocycles. The minimum absolute atomic E-state index is 0.273. The number of imide groups is 1. The van der Waals surface area contributed by atoms with Crippen molar-refractivity contribution in [3.05, 3.63) is 71.4 Å². The second-order valence-corrected chi connectivity index (χ2v) is 7.17. The highest BCUT2D eigenvalue weighted by Gasteiger charge is 2.36. The van der Waals surface area contributed by atoms with E-state index in [1.54, 1.807) is 6.08 Å². The van der Waals surface area contributed by atoms with Gasteiger partial charge in [-0.2, -0.15) is 0 Å². The molecular weight excluding hydrogens is 376 g/mol. The van der Waals surface area contributed by atoms with Crippen molar-refractivity contribution in [2.75, 3.05) is 13.7 Å². The maximum Gasteiger partial charge on any atom is 0.325 e. The zero-order valence-corrected chi connectivity index (χ0v) is 15.8. The number of ether oxygens (including phenoxy) is 1. The fourth-order valence-corrected chi connectivity index (χ4v) is 3.86. The van der Waals surface area contributed by atoms with E-state index in [0.717, 1.165) is 38.8 Å². The van der Waals surface area contributed by atoms with Crippen molar-refractivity contribution in [2.24, 2.45) is 0 Å². The van der Waals surface area contributed by atoms with E-state index in [1.807, 2.05) is 59.3 Å². The van der Waals surface area contributed by atoms with E-state index in [1.165, 1.54) is 7.11 Å². The standard InChI is InChI=1S/C21H16N2O4S/c1-27-19(24)13-23-20(25)18(28-21(23)26)12-16-7-4-10-22(16)17-9-8-14-5-2-3-6-15(14)11-17/h2-12H,13H2,1H3/b18-12+. The van der Waals surface area contributed by atoms with Crippen LogP contribution in [0, 0.1) is 0 Å². The van der Waals surface area contributed by atoms with Crippen LogP contribution >= 0.6 is 11.8 Å². The fourth-order valence-electron chi connectivity index (χ4n) is 3.04. The van der Waals surface area contributed by atoms with Gasteiger partial charge in [-0.3, -0.25) is 19.3 Å². The lowest BCUT2D eigenvalue weighted by atomic mass is 10.1. The summed E-state index contributed by atoms with van der Waals surface area (Å²) in [6.07, 6.45) is 3.56. The van der Waals surface area contributed by atoms with Crippen molar-refractivity contribution in [2.45, 2.75) is 0 Å². The first kappa shape index (κ1) is 18.1. The predicted octanol–water partition coefficient (Wildman–Crippen LogP) is 3.84. The van der Waals surface area contributed by atoms with Gasteiger partial charge in [0.25, 0.3) is 11.1 Å². The Morgan fingerprint density at radius 3 is 2.64 bits per heavy atom. The first-order valence-electron chi connectivity index (χ1n) is 8.55. The summed E-state index contributed by atoms with van der Waals surface area (Å²) in [5.41, 5.74) is 1.71. The molecule has 0 N–H and O–H groups in total. The second kappa shape index (κ2) is 7.36. The molecule has 7 heteroatoms. The normalized spacial score (nSPS) is 15.6. The molecule has 1 aliphatic heterocycles. The maximum atomic E-state index is 12.5. The molecule has 2 heterocycles. The molecule has 0 bridgehead atoms. The van der Waals surface area contributed by atoms with E-state index in [-0.39, 0.29) is 11.4 Å². The Kier molecular flexibility index (Phi) is 4.75. The average molecular weight is 392 g/mol.